The molecule has 0 saturated heterocycles. The minimum absolute atomic E-state index is 0.185. The summed E-state index contributed by atoms with van der Waals surface area (Å²) in [4.78, 5) is 23.9. The van der Waals surface area contributed by atoms with Crippen molar-refractivity contribution in [1.29, 1.82) is 0 Å². The van der Waals surface area contributed by atoms with Crippen LogP contribution in [-0.2, 0) is 16.0 Å². The van der Waals surface area contributed by atoms with E-state index in [-0.39, 0.29) is 12.2 Å². The highest BCUT2D eigenvalue weighted by atomic mass is 32.1. The van der Waals surface area contributed by atoms with Crippen LogP contribution < -0.4 is 5.32 Å². The van der Waals surface area contributed by atoms with Crippen LogP contribution in [0.4, 0.5) is 0 Å². The number of hydrogen-bond donors (Lipinski definition) is 1. The Morgan fingerprint density at radius 3 is 2.82 bits per heavy atom. The van der Waals surface area contributed by atoms with Crippen LogP contribution in [-0.4, -0.2) is 18.2 Å². The second kappa shape index (κ2) is 5.10. The van der Waals surface area contributed by atoms with Gasteiger partial charge in [0, 0.05) is 11.4 Å². The van der Waals surface area contributed by atoms with Gasteiger partial charge >= 0.3 is 0 Å². The second-order valence-corrected chi connectivity index (χ2v) is 4.67. The Morgan fingerprint density at radius 1 is 1.29 bits per heavy atom. The van der Waals surface area contributed by atoms with Gasteiger partial charge in [-0.25, -0.2) is 0 Å². The van der Waals surface area contributed by atoms with Crippen molar-refractivity contribution in [2.45, 2.75) is 13.3 Å². The van der Waals surface area contributed by atoms with Gasteiger partial charge in [0.15, 0.2) is 0 Å². The van der Waals surface area contributed by atoms with E-state index in [1.807, 2.05) is 29.6 Å². The number of carbonyl (C=O) groups is 2. The molecule has 0 spiro atoms. The SMILES string of the molecule is CCNC(=O)C(=O)Cc1scc2ccccc12. The highest BCUT2D eigenvalue weighted by Crippen LogP contribution is 2.25. The number of amides is 1. The zero-order chi connectivity index (χ0) is 12.3. The van der Waals surface area contributed by atoms with Gasteiger partial charge in [-0.1, -0.05) is 24.3 Å². The summed E-state index contributed by atoms with van der Waals surface area (Å²) in [5.74, 6) is -0.871. The maximum atomic E-state index is 11.6. The quantitative estimate of drug-likeness (QED) is 0.841. The third kappa shape index (κ3) is 2.53. The van der Waals surface area contributed by atoms with Crippen molar-refractivity contribution in [3.8, 4) is 0 Å². The fourth-order valence-corrected chi connectivity index (χ4v) is 2.68. The molecular weight excluding hydrogens is 234 g/mol. The van der Waals surface area contributed by atoms with E-state index in [0.717, 1.165) is 15.6 Å². The van der Waals surface area contributed by atoms with Crippen molar-refractivity contribution in [2.75, 3.05) is 6.54 Å². The summed E-state index contributed by atoms with van der Waals surface area (Å²) < 4.78 is 0. The Balaban J connectivity index is 2.19. The maximum Gasteiger partial charge on any atom is 0.287 e. The van der Waals surface area contributed by atoms with Crippen LogP contribution in [0.3, 0.4) is 0 Å². The van der Waals surface area contributed by atoms with E-state index in [1.54, 1.807) is 6.92 Å². The van der Waals surface area contributed by atoms with Gasteiger partial charge in [-0.15, -0.1) is 11.3 Å². The molecule has 2 rings (SSSR count). The number of fused-ring (bicyclic) bond motifs is 1. The molecule has 0 unspecified atom stereocenters. The molecule has 0 bridgehead atoms. The highest BCUT2D eigenvalue weighted by molar-refractivity contribution is 7.11. The molecule has 1 aromatic heterocycles. The fourth-order valence-electron chi connectivity index (χ4n) is 1.67. The van der Waals surface area contributed by atoms with E-state index in [4.69, 9.17) is 0 Å². The average molecular weight is 247 g/mol. The zero-order valence-corrected chi connectivity index (χ0v) is 10.3. The molecule has 0 saturated carbocycles. The van der Waals surface area contributed by atoms with Crippen LogP contribution in [0, 0.1) is 0 Å². The van der Waals surface area contributed by atoms with E-state index < -0.39 is 5.91 Å². The maximum absolute atomic E-state index is 11.6. The largest absolute Gasteiger partial charge is 0.350 e. The van der Waals surface area contributed by atoms with Crippen molar-refractivity contribution in [1.82, 2.24) is 5.32 Å². The fraction of sp³-hybridized carbons (Fsp3) is 0.231. The molecule has 2 aromatic rings. The first-order valence-corrected chi connectivity index (χ1v) is 6.36. The minimum Gasteiger partial charge on any atom is -0.350 e. The van der Waals surface area contributed by atoms with Crippen LogP contribution in [0.2, 0.25) is 0 Å². The molecule has 0 aliphatic heterocycles. The smallest absolute Gasteiger partial charge is 0.287 e. The van der Waals surface area contributed by atoms with E-state index in [0.29, 0.717) is 6.54 Å². The summed E-state index contributed by atoms with van der Waals surface area (Å²) in [7, 11) is 0. The van der Waals surface area contributed by atoms with Gasteiger partial charge in [-0.3, -0.25) is 9.59 Å². The lowest BCUT2D eigenvalue weighted by atomic mass is 10.1. The van der Waals surface area contributed by atoms with Crippen LogP contribution >= 0.6 is 11.3 Å². The molecule has 0 fully saturated rings. The van der Waals surface area contributed by atoms with E-state index in [2.05, 4.69) is 5.32 Å². The Morgan fingerprint density at radius 2 is 2.06 bits per heavy atom. The molecule has 17 heavy (non-hydrogen) atoms. The third-order valence-corrected chi connectivity index (χ3v) is 3.52. The third-order valence-electron chi connectivity index (χ3n) is 2.50. The standard InChI is InChI=1S/C13H13NO2S/c1-2-14-13(16)11(15)7-12-10-6-4-3-5-9(10)8-17-12/h3-6,8H,2,7H2,1H3,(H,14,16). The lowest BCUT2D eigenvalue weighted by Crippen LogP contribution is -2.31. The first kappa shape index (κ1) is 11.8. The lowest BCUT2D eigenvalue weighted by Gasteiger charge is -2.00. The van der Waals surface area contributed by atoms with Gasteiger partial charge in [0.05, 0.1) is 6.42 Å². The molecule has 0 atom stereocenters. The lowest BCUT2D eigenvalue weighted by molar-refractivity contribution is -0.137. The molecule has 1 heterocycles. The van der Waals surface area contributed by atoms with Gasteiger partial charge in [0.25, 0.3) is 5.91 Å². The molecule has 1 amide bonds. The summed E-state index contributed by atoms with van der Waals surface area (Å²) >= 11 is 1.53. The monoisotopic (exact) mass is 247 g/mol. The number of Topliss-reactive ketones (excluding diaryl/α,β-unsaturated/α-hetero) is 1. The molecule has 88 valence electrons. The van der Waals surface area contributed by atoms with Crippen LogP contribution in [0.1, 0.15) is 11.8 Å². The Bertz CT molecular complexity index is 559. The van der Waals surface area contributed by atoms with E-state index in [1.165, 1.54) is 11.3 Å². The molecule has 0 aliphatic carbocycles. The summed E-state index contributed by atoms with van der Waals surface area (Å²) in [5, 5.41) is 6.72. The summed E-state index contributed by atoms with van der Waals surface area (Å²) in [6.45, 7) is 2.28. The van der Waals surface area contributed by atoms with Gasteiger partial charge < -0.3 is 5.32 Å². The molecule has 1 N–H and O–H groups in total. The first-order valence-electron chi connectivity index (χ1n) is 5.48. The predicted molar refractivity (Wildman–Crippen MR) is 69.2 cm³/mol. The van der Waals surface area contributed by atoms with Crippen LogP contribution in [0.15, 0.2) is 29.6 Å². The second-order valence-electron chi connectivity index (χ2n) is 3.71. The molecule has 1 aromatic carbocycles. The zero-order valence-electron chi connectivity index (χ0n) is 9.53. The molecular formula is C13H13NO2S. The van der Waals surface area contributed by atoms with Crippen molar-refractivity contribution in [3.63, 3.8) is 0 Å². The van der Waals surface area contributed by atoms with Gasteiger partial charge in [0.2, 0.25) is 5.78 Å². The number of likely N-dealkylation sites (N-methyl/N-ethyl adjacent to an activating group) is 1. The molecule has 4 heteroatoms. The van der Waals surface area contributed by atoms with Gasteiger partial charge in [-0.05, 0) is 23.1 Å². The Hall–Kier alpha value is -1.68. The number of thiophene rings is 1. The van der Waals surface area contributed by atoms with E-state index in [9.17, 15) is 9.59 Å². The number of benzene rings is 1. The van der Waals surface area contributed by atoms with Crippen molar-refractivity contribution < 1.29 is 9.59 Å². The Labute approximate surface area is 103 Å². The first-order chi connectivity index (χ1) is 8.22. The number of rotatable bonds is 4. The molecule has 0 radical (unpaired) electrons. The summed E-state index contributed by atoms with van der Waals surface area (Å²) in [5.41, 5.74) is 0. The van der Waals surface area contributed by atoms with Crippen molar-refractivity contribution >= 4 is 33.8 Å². The van der Waals surface area contributed by atoms with Gasteiger partial charge in [0.1, 0.15) is 0 Å². The normalized spacial score (nSPS) is 10.4. The highest BCUT2D eigenvalue weighted by Gasteiger charge is 2.15. The Kier molecular flexibility index (Phi) is 3.54. The minimum atomic E-state index is -0.495. The molecule has 3 nitrogen and oxygen atoms in total. The number of ketones is 1. The number of nitrogens with one attached hydrogen (secondary N) is 1. The number of hydrogen-bond acceptors (Lipinski definition) is 3. The summed E-state index contributed by atoms with van der Waals surface area (Å²) in [6.07, 6.45) is 0.185. The van der Waals surface area contributed by atoms with Crippen LogP contribution in [0.5, 0.6) is 0 Å². The van der Waals surface area contributed by atoms with Crippen LogP contribution in [0.25, 0.3) is 10.8 Å². The van der Waals surface area contributed by atoms with Crippen molar-refractivity contribution in [3.05, 3.63) is 34.5 Å². The number of carbonyl (C=O) groups excluding carboxylic acids is 2. The van der Waals surface area contributed by atoms with E-state index >= 15 is 0 Å². The average Bonchev–Trinajstić information content (AvgIpc) is 2.73. The predicted octanol–water partition coefficient (Wildman–Crippen LogP) is 2.15. The molecule has 0 aliphatic rings. The topological polar surface area (TPSA) is 46.2 Å². The summed E-state index contributed by atoms with van der Waals surface area (Å²) in [6, 6.07) is 7.89. The van der Waals surface area contributed by atoms with Crippen molar-refractivity contribution in [2.24, 2.45) is 0 Å². The van der Waals surface area contributed by atoms with Gasteiger partial charge in [-0.2, -0.15) is 0 Å².